The largest absolute Gasteiger partial charge is 0.449 e. The highest BCUT2D eigenvalue weighted by atomic mass is 16.5. The van der Waals surface area contributed by atoms with E-state index in [1.165, 1.54) is 22.3 Å². The molecule has 1 aliphatic rings. The number of carbonyl (C=O) groups excluding carboxylic acids is 1. The molecule has 2 aromatic carbocycles. The van der Waals surface area contributed by atoms with E-state index < -0.39 is 6.09 Å². The van der Waals surface area contributed by atoms with Gasteiger partial charge >= 0.3 is 6.09 Å². The van der Waals surface area contributed by atoms with Crippen LogP contribution in [0.15, 0.2) is 48.5 Å². The molecule has 0 spiro atoms. The van der Waals surface area contributed by atoms with Crippen molar-refractivity contribution in [3.05, 3.63) is 59.7 Å². The summed E-state index contributed by atoms with van der Waals surface area (Å²) in [4.78, 5) is 12.2. The maximum Gasteiger partial charge on any atom is 0.407 e. The molecule has 0 radical (unpaired) electrons. The lowest BCUT2D eigenvalue weighted by Gasteiger charge is -2.25. The van der Waals surface area contributed by atoms with Crippen molar-refractivity contribution in [1.29, 1.82) is 0 Å². The fourth-order valence-electron chi connectivity index (χ4n) is 3.36. The second-order valence-corrected chi connectivity index (χ2v) is 7.04. The van der Waals surface area contributed by atoms with Crippen molar-refractivity contribution in [2.45, 2.75) is 38.1 Å². The standard InChI is InChI=1S/C22H23NO2/c1-4-5-14-22(2,3)23-21(24)25-15-20-18-12-8-6-10-16(18)17-11-7-9-13-19(17)20/h1,6-13,20H,5,14-15H2,2-3H3,(H,23,24). The van der Waals surface area contributed by atoms with Crippen molar-refractivity contribution in [2.75, 3.05) is 6.61 Å². The number of terminal acetylenes is 1. The number of carbonyl (C=O) groups is 1. The molecule has 128 valence electrons. The molecular weight excluding hydrogens is 310 g/mol. The minimum Gasteiger partial charge on any atom is -0.449 e. The summed E-state index contributed by atoms with van der Waals surface area (Å²) in [7, 11) is 0. The van der Waals surface area contributed by atoms with Gasteiger partial charge in [0.15, 0.2) is 0 Å². The van der Waals surface area contributed by atoms with Gasteiger partial charge in [-0.1, -0.05) is 48.5 Å². The van der Waals surface area contributed by atoms with Gasteiger partial charge in [0, 0.05) is 17.9 Å². The van der Waals surface area contributed by atoms with Gasteiger partial charge in [-0.25, -0.2) is 4.79 Å². The number of hydrogen-bond acceptors (Lipinski definition) is 2. The van der Waals surface area contributed by atoms with Gasteiger partial charge in [0.2, 0.25) is 0 Å². The maximum atomic E-state index is 12.2. The molecule has 2 aromatic rings. The van der Waals surface area contributed by atoms with E-state index >= 15 is 0 Å². The molecule has 0 saturated heterocycles. The zero-order chi connectivity index (χ0) is 17.9. The van der Waals surface area contributed by atoms with Crippen LogP contribution in [0.2, 0.25) is 0 Å². The third-order valence-electron chi connectivity index (χ3n) is 4.68. The maximum absolute atomic E-state index is 12.2. The van der Waals surface area contributed by atoms with Gasteiger partial charge in [-0.3, -0.25) is 0 Å². The van der Waals surface area contributed by atoms with Crippen LogP contribution in [0.4, 0.5) is 4.79 Å². The van der Waals surface area contributed by atoms with Crippen LogP contribution in [0.1, 0.15) is 43.7 Å². The fourth-order valence-corrected chi connectivity index (χ4v) is 3.36. The van der Waals surface area contributed by atoms with Crippen LogP contribution < -0.4 is 5.32 Å². The Hall–Kier alpha value is -2.73. The van der Waals surface area contributed by atoms with Crippen LogP contribution in [0, 0.1) is 12.3 Å². The Bertz CT molecular complexity index is 771. The van der Waals surface area contributed by atoms with E-state index in [1.807, 2.05) is 38.1 Å². The highest BCUT2D eigenvalue weighted by Crippen LogP contribution is 2.44. The van der Waals surface area contributed by atoms with E-state index in [1.54, 1.807) is 0 Å². The molecule has 0 unspecified atom stereocenters. The first-order valence-corrected chi connectivity index (χ1v) is 8.58. The molecule has 0 aliphatic heterocycles. The summed E-state index contributed by atoms with van der Waals surface area (Å²) in [6, 6.07) is 16.6. The van der Waals surface area contributed by atoms with Gasteiger partial charge in [0.05, 0.1) is 0 Å². The molecule has 25 heavy (non-hydrogen) atoms. The molecule has 3 heteroatoms. The predicted molar refractivity (Wildman–Crippen MR) is 100 cm³/mol. The first-order chi connectivity index (χ1) is 12.0. The number of amides is 1. The van der Waals surface area contributed by atoms with Crippen molar-refractivity contribution >= 4 is 6.09 Å². The smallest absolute Gasteiger partial charge is 0.407 e. The summed E-state index contributed by atoms with van der Waals surface area (Å²) < 4.78 is 5.55. The zero-order valence-electron chi connectivity index (χ0n) is 14.7. The number of rotatable bonds is 5. The number of fused-ring (bicyclic) bond motifs is 3. The normalized spacial score (nSPS) is 12.8. The van der Waals surface area contributed by atoms with E-state index in [0.717, 1.165) is 0 Å². The van der Waals surface area contributed by atoms with Crippen LogP contribution >= 0.6 is 0 Å². The molecule has 3 nitrogen and oxygen atoms in total. The van der Waals surface area contributed by atoms with Gasteiger partial charge in [0.25, 0.3) is 0 Å². The van der Waals surface area contributed by atoms with Crippen molar-refractivity contribution in [3.8, 4) is 23.5 Å². The van der Waals surface area contributed by atoms with Crippen LogP contribution in [-0.2, 0) is 4.74 Å². The summed E-state index contributed by atoms with van der Waals surface area (Å²) in [6.45, 7) is 4.22. The lowest BCUT2D eigenvalue weighted by atomic mass is 9.98. The third-order valence-corrected chi connectivity index (χ3v) is 4.68. The summed E-state index contributed by atoms with van der Waals surface area (Å²) in [6.07, 6.45) is 6.24. The Morgan fingerprint density at radius 3 is 2.24 bits per heavy atom. The van der Waals surface area contributed by atoms with Gasteiger partial charge in [-0.05, 0) is 42.5 Å². The van der Waals surface area contributed by atoms with Gasteiger partial charge in [-0.2, -0.15) is 0 Å². The highest BCUT2D eigenvalue weighted by molar-refractivity contribution is 5.79. The highest BCUT2D eigenvalue weighted by Gasteiger charge is 2.29. The van der Waals surface area contributed by atoms with Crippen LogP contribution in [0.3, 0.4) is 0 Å². The van der Waals surface area contributed by atoms with E-state index in [4.69, 9.17) is 11.2 Å². The second kappa shape index (κ2) is 7.03. The SMILES string of the molecule is C#CCCC(C)(C)NC(=O)OCC1c2ccccc2-c2ccccc21. The van der Waals surface area contributed by atoms with Crippen LogP contribution in [-0.4, -0.2) is 18.2 Å². The first-order valence-electron chi connectivity index (χ1n) is 8.58. The predicted octanol–water partition coefficient (Wildman–Crippen LogP) is 4.72. The van der Waals surface area contributed by atoms with E-state index in [9.17, 15) is 4.79 Å². The number of nitrogens with one attached hydrogen (secondary N) is 1. The summed E-state index contributed by atoms with van der Waals surface area (Å²) >= 11 is 0. The minimum absolute atomic E-state index is 0.0759. The van der Waals surface area contributed by atoms with Crippen LogP contribution in [0.25, 0.3) is 11.1 Å². The molecule has 1 amide bonds. The number of alkyl carbamates (subject to hydrolysis) is 1. The van der Waals surface area contributed by atoms with Crippen molar-refractivity contribution in [1.82, 2.24) is 5.32 Å². The Morgan fingerprint density at radius 2 is 1.68 bits per heavy atom. The number of hydrogen-bond donors (Lipinski definition) is 1. The molecule has 0 aromatic heterocycles. The van der Waals surface area contributed by atoms with Gasteiger partial charge < -0.3 is 10.1 Å². The van der Waals surface area contributed by atoms with E-state index in [-0.39, 0.29) is 11.5 Å². The molecule has 1 aliphatic carbocycles. The minimum atomic E-state index is -0.399. The molecular formula is C22H23NO2. The van der Waals surface area contributed by atoms with E-state index in [0.29, 0.717) is 19.4 Å². The van der Waals surface area contributed by atoms with Crippen LogP contribution in [0.5, 0.6) is 0 Å². The van der Waals surface area contributed by atoms with Crippen molar-refractivity contribution in [3.63, 3.8) is 0 Å². The summed E-state index contributed by atoms with van der Waals surface area (Å²) in [5.74, 6) is 2.68. The zero-order valence-corrected chi connectivity index (χ0v) is 14.7. The Balaban J connectivity index is 1.70. The Kier molecular flexibility index (Phi) is 4.81. The van der Waals surface area contributed by atoms with Crippen molar-refractivity contribution in [2.24, 2.45) is 0 Å². The van der Waals surface area contributed by atoms with Crippen molar-refractivity contribution < 1.29 is 9.53 Å². The van der Waals surface area contributed by atoms with Gasteiger partial charge in [-0.15, -0.1) is 12.3 Å². The average molecular weight is 333 g/mol. The monoisotopic (exact) mass is 333 g/mol. The molecule has 0 bridgehead atoms. The summed E-state index contributed by atoms with van der Waals surface area (Å²) in [5, 5.41) is 2.91. The summed E-state index contributed by atoms with van der Waals surface area (Å²) in [5.41, 5.74) is 4.49. The molecule has 1 N–H and O–H groups in total. The third kappa shape index (κ3) is 3.69. The quantitative estimate of drug-likeness (QED) is 0.804. The lowest BCUT2D eigenvalue weighted by molar-refractivity contribution is 0.132. The number of ether oxygens (including phenoxy) is 1. The molecule has 0 atom stereocenters. The molecule has 3 rings (SSSR count). The van der Waals surface area contributed by atoms with E-state index in [2.05, 4.69) is 35.5 Å². The number of benzene rings is 2. The Labute approximate surface area is 149 Å². The van der Waals surface area contributed by atoms with Gasteiger partial charge in [0.1, 0.15) is 6.61 Å². The molecule has 0 fully saturated rings. The lowest BCUT2D eigenvalue weighted by Crippen LogP contribution is -2.43. The molecule has 0 saturated carbocycles. The fraction of sp³-hybridized carbons (Fsp3) is 0.318. The molecule has 0 heterocycles. The first kappa shape index (κ1) is 17.1. The Morgan fingerprint density at radius 1 is 1.12 bits per heavy atom. The second-order valence-electron chi connectivity index (χ2n) is 7.04. The average Bonchev–Trinajstić information content (AvgIpc) is 2.92. The topological polar surface area (TPSA) is 38.3 Å².